The van der Waals surface area contributed by atoms with E-state index in [1.165, 1.54) is 21.6 Å². The van der Waals surface area contributed by atoms with Crippen molar-refractivity contribution < 1.29 is 19.2 Å². The van der Waals surface area contributed by atoms with Gasteiger partial charge in [-0.15, -0.1) is 12.8 Å². The third-order valence-corrected chi connectivity index (χ3v) is 5.34. The van der Waals surface area contributed by atoms with E-state index in [0.717, 1.165) is 12.2 Å². The second-order valence-corrected chi connectivity index (χ2v) is 7.50. The molecule has 4 amide bonds. The lowest BCUT2D eigenvalue weighted by Crippen LogP contribution is -2.48. The molecule has 2 unspecified atom stereocenters. The maximum absolute atomic E-state index is 12.1. The van der Waals surface area contributed by atoms with Gasteiger partial charge in [0.05, 0.1) is 13.1 Å². The zero-order valence-electron chi connectivity index (χ0n) is 15.2. The van der Waals surface area contributed by atoms with Gasteiger partial charge < -0.3 is 21.3 Å². The van der Waals surface area contributed by atoms with Crippen molar-refractivity contribution in [1.29, 1.82) is 0 Å². The average molecular weight is 423 g/mol. The molecule has 8 nitrogen and oxygen atoms in total. The number of rotatable bonds is 13. The zero-order valence-corrected chi connectivity index (χ0v) is 16.8. The molecule has 150 valence electrons. The summed E-state index contributed by atoms with van der Waals surface area (Å²) in [4.78, 5) is 47.1. The number of nitrogens with one attached hydrogen (secondary N) is 4. The normalized spacial score (nSPS) is 11.5. The number of terminal acetylenes is 2. The van der Waals surface area contributed by atoms with Crippen LogP contribution < -0.4 is 21.3 Å². The molecule has 0 aromatic carbocycles. The van der Waals surface area contributed by atoms with E-state index in [9.17, 15) is 19.2 Å². The summed E-state index contributed by atoms with van der Waals surface area (Å²) >= 11 is 0. The van der Waals surface area contributed by atoms with E-state index >= 15 is 0 Å². The Morgan fingerprint density at radius 2 is 1.18 bits per heavy atom. The van der Waals surface area contributed by atoms with Crippen LogP contribution in [0.25, 0.3) is 0 Å². The molecule has 0 aromatic heterocycles. The van der Waals surface area contributed by atoms with Crippen molar-refractivity contribution in [2.75, 3.05) is 24.6 Å². The molecule has 0 heterocycles. The number of carbonyl (C=O) groups is 4. The molecule has 0 fully saturated rings. The molecule has 0 spiro atoms. The zero-order chi connectivity index (χ0) is 21.4. The van der Waals surface area contributed by atoms with Gasteiger partial charge in [-0.3, -0.25) is 19.2 Å². The molecule has 0 aliphatic rings. The third-order valence-electron chi connectivity index (χ3n) is 2.92. The molecule has 0 bridgehead atoms. The van der Waals surface area contributed by atoms with Gasteiger partial charge in [-0.25, -0.2) is 0 Å². The smallest absolute Gasteiger partial charge is 0.244 e. The van der Waals surface area contributed by atoms with Crippen LogP contribution >= 0.6 is 21.6 Å². The molecular weight excluding hydrogens is 400 g/mol. The molecule has 0 aromatic rings. The van der Waals surface area contributed by atoms with Crippen LogP contribution in [0.15, 0.2) is 25.3 Å². The number of amides is 4. The van der Waals surface area contributed by atoms with Gasteiger partial charge in [-0.1, -0.05) is 46.6 Å². The van der Waals surface area contributed by atoms with Crippen LogP contribution in [0.1, 0.15) is 0 Å². The molecule has 0 aliphatic heterocycles. The van der Waals surface area contributed by atoms with Crippen LogP contribution in [0.2, 0.25) is 0 Å². The van der Waals surface area contributed by atoms with Crippen LogP contribution in [-0.4, -0.2) is 60.3 Å². The van der Waals surface area contributed by atoms with Crippen LogP contribution in [0.3, 0.4) is 0 Å². The molecular formula is C18H22N4O4S2. The van der Waals surface area contributed by atoms with Gasteiger partial charge in [-0.2, -0.15) is 0 Å². The maximum atomic E-state index is 12.1. The summed E-state index contributed by atoms with van der Waals surface area (Å²) in [6.07, 6.45) is 12.3. The molecule has 0 saturated heterocycles. The summed E-state index contributed by atoms with van der Waals surface area (Å²) in [5, 5.41) is 9.98. The minimum Gasteiger partial charge on any atom is -0.343 e. The SMILES string of the molecule is C#CCNC(=O)C(CSSCC(NC(=O)C=C)C(=O)NCC#C)NC(=O)C=C. The Morgan fingerprint density at radius 1 is 0.821 bits per heavy atom. The summed E-state index contributed by atoms with van der Waals surface area (Å²) in [5.74, 6) is 3.06. The predicted molar refractivity (Wildman–Crippen MR) is 113 cm³/mol. The average Bonchev–Trinajstić information content (AvgIpc) is 2.70. The van der Waals surface area contributed by atoms with Crippen LogP contribution in [-0.2, 0) is 19.2 Å². The first-order valence-corrected chi connectivity index (χ1v) is 10.4. The van der Waals surface area contributed by atoms with Crippen molar-refractivity contribution in [1.82, 2.24) is 21.3 Å². The third kappa shape index (κ3) is 11.0. The van der Waals surface area contributed by atoms with E-state index in [1.807, 2.05) is 0 Å². The van der Waals surface area contributed by atoms with Gasteiger partial charge in [-0.05, 0) is 12.2 Å². The van der Waals surface area contributed by atoms with E-state index in [2.05, 4.69) is 46.3 Å². The summed E-state index contributed by atoms with van der Waals surface area (Å²) in [6, 6.07) is -1.68. The molecule has 0 saturated carbocycles. The quantitative estimate of drug-likeness (QED) is 0.134. The van der Waals surface area contributed by atoms with E-state index in [4.69, 9.17) is 12.8 Å². The monoisotopic (exact) mass is 422 g/mol. The standard InChI is InChI=1S/C18H22N4O4S2/c1-5-9-19-17(25)13(21-15(23)7-3)11-27-28-12-14(22-16(24)8-4)18(26)20-10-6-2/h1-2,7-8,13-14H,3-4,9-12H2,(H,19,25)(H,20,26)(H,21,23)(H,22,24). The van der Waals surface area contributed by atoms with Crippen molar-refractivity contribution in [2.45, 2.75) is 12.1 Å². The molecule has 10 heteroatoms. The van der Waals surface area contributed by atoms with E-state index in [0.29, 0.717) is 0 Å². The minimum absolute atomic E-state index is 0.0299. The van der Waals surface area contributed by atoms with Crippen molar-refractivity contribution >= 4 is 45.2 Å². The van der Waals surface area contributed by atoms with Gasteiger partial charge in [0.25, 0.3) is 0 Å². The first-order chi connectivity index (χ1) is 13.4. The van der Waals surface area contributed by atoms with Crippen LogP contribution in [0, 0.1) is 24.7 Å². The molecule has 2 atom stereocenters. The fourth-order valence-electron chi connectivity index (χ4n) is 1.58. The first-order valence-electron chi connectivity index (χ1n) is 7.92. The Labute approximate surface area is 172 Å². The van der Waals surface area contributed by atoms with E-state index in [1.54, 1.807) is 0 Å². The molecule has 0 radical (unpaired) electrons. The fourth-order valence-corrected chi connectivity index (χ4v) is 3.91. The Kier molecular flexibility index (Phi) is 13.7. The topological polar surface area (TPSA) is 116 Å². The van der Waals surface area contributed by atoms with E-state index < -0.39 is 35.7 Å². The summed E-state index contributed by atoms with van der Waals surface area (Å²) in [6.45, 7) is 6.74. The lowest BCUT2D eigenvalue weighted by Gasteiger charge is -2.18. The van der Waals surface area contributed by atoms with Crippen molar-refractivity contribution in [3.63, 3.8) is 0 Å². The highest BCUT2D eigenvalue weighted by Crippen LogP contribution is 2.23. The molecule has 4 N–H and O–H groups in total. The van der Waals surface area contributed by atoms with Crippen molar-refractivity contribution in [3.8, 4) is 24.7 Å². The number of hydrogen-bond acceptors (Lipinski definition) is 6. The second-order valence-electron chi connectivity index (χ2n) is 4.94. The maximum Gasteiger partial charge on any atom is 0.244 e. The number of carbonyl (C=O) groups excluding carboxylic acids is 4. The van der Waals surface area contributed by atoms with Crippen molar-refractivity contribution in [3.05, 3.63) is 25.3 Å². The molecule has 0 rings (SSSR count). The van der Waals surface area contributed by atoms with Crippen LogP contribution in [0.4, 0.5) is 0 Å². The Morgan fingerprint density at radius 3 is 1.46 bits per heavy atom. The van der Waals surface area contributed by atoms with Crippen molar-refractivity contribution in [2.24, 2.45) is 0 Å². The van der Waals surface area contributed by atoms with Gasteiger partial charge in [0.15, 0.2) is 0 Å². The van der Waals surface area contributed by atoms with Crippen LogP contribution in [0.5, 0.6) is 0 Å². The predicted octanol–water partition coefficient (Wildman–Crippen LogP) is -0.792. The highest BCUT2D eigenvalue weighted by atomic mass is 33.1. The molecule has 0 aliphatic carbocycles. The lowest BCUT2D eigenvalue weighted by atomic mass is 10.3. The summed E-state index contributed by atoms with van der Waals surface area (Å²) in [5.41, 5.74) is 0. The van der Waals surface area contributed by atoms with E-state index in [-0.39, 0.29) is 24.6 Å². The Balaban J connectivity index is 4.74. The highest BCUT2D eigenvalue weighted by molar-refractivity contribution is 8.76. The highest BCUT2D eigenvalue weighted by Gasteiger charge is 2.22. The number of hydrogen-bond donors (Lipinski definition) is 4. The Hall–Kier alpha value is -2.82. The Bertz CT molecular complexity index is 624. The van der Waals surface area contributed by atoms with Gasteiger partial charge in [0.2, 0.25) is 23.6 Å². The fraction of sp³-hybridized carbons (Fsp3) is 0.333. The lowest BCUT2D eigenvalue weighted by molar-refractivity contribution is -0.126. The summed E-state index contributed by atoms with van der Waals surface area (Å²) in [7, 11) is 2.48. The van der Waals surface area contributed by atoms with Gasteiger partial charge >= 0.3 is 0 Å². The second kappa shape index (κ2) is 15.3. The largest absolute Gasteiger partial charge is 0.343 e. The first kappa shape index (κ1) is 25.2. The minimum atomic E-state index is -0.840. The van der Waals surface area contributed by atoms with Gasteiger partial charge in [0.1, 0.15) is 12.1 Å². The molecule has 28 heavy (non-hydrogen) atoms. The summed E-state index contributed by atoms with van der Waals surface area (Å²) < 4.78 is 0. The van der Waals surface area contributed by atoms with Gasteiger partial charge in [0, 0.05) is 11.5 Å².